The van der Waals surface area contributed by atoms with Crippen LogP contribution in [0.4, 0.5) is 17.3 Å². The van der Waals surface area contributed by atoms with Gasteiger partial charge in [-0.3, -0.25) is 4.90 Å². The maximum absolute atomic E-state index is 6.36. The van der Waals surface area contributed by atoms with Crippen molar-refractivity contribution < 1.29 is 4.74 Å². The average Bonchev–Trinajstić information content (AvgIpc) is 2.64. The summed E-state index contributed by atoms with van der Waals surface area (Å²) in [6.07, 6.45) is 3.88. The van der Waals surface area contributed by atoms with Gasteiger partial charge in [-0.1, -0.05) is 0 Å². The van der Waals surface area contributed by atoms with Crippen LogP contribution in [0.1, 0.15) is 12.8 Å². The maximum Gasteiger partial charge on any atom is 0.157 e. The molecule has 3 N–H and O–H groups in total. The van der Waals surface area contributed by atoms with Gasteiger partial charge in [0.15, 0.2) is 11.6 Å². The molecule has 0 saturated carbocycles. The van der Waals surface area contributed by atoms with Crippen LogP contribution >= 0.6 is 0 Å². The molecule has 0 radical (unpaired) electrons. The second-order valence-corrected chi connectivity index (χ2v) is 6.99. The Labute approximate surface area is 150 Å². The van der Waals surface area contributed by atoms with Crippen molar-refractivity contribution in [2.24, 2.45) is 0 Å². The lowest BCUT2D eigenvalue weighted by atomic mass is 10.0. The van der Waals surface area contributed by atoms with Gasteiger partial charge in [0.1, 0.15) is 12.0 Å². The number of nitrogens with one attached hydrogen (secondary N) is 1. The van der Waals surface area contributed by atoms with Crippen molar-refractivity contribution >= 4 is 17.3 Å². The fourth-order valence-electron chi connectivity index (χ4n) is 3.52. The summed E-state index contributed by atoms with van der Waals surface area (Å²) in [7, 11) is 4.26. The molecular weight excluding hydrogens is 318 g/mol. The van der Waals surface area contributed by atoms with E-state index in [-0.39, 0.29) is 0 Å². The summed E-state index contributed by atoms with van der Waals surface area (Å²) in [6.45, 7) is 7.64. The molecule has 0 unspecified atom stereocenters. The molecule has 0 atom stereocenters. The van der Waals surface area contributed by atoms with E-state index in [9.17, 15) is 0 Å². The van der Waals surface area contributed by atoms with E-state index in [1.807, 2.05) is 0 Å². The van der Waals surface area contributed by atoms with Gasteiger partial charge in [-0.25, -0.2) is 9.97 Å². The Balaban J connectivity index is 1.57. The van der Waals surface area contributed by atoms with Crippen LogP contribution in [0.2, 0.25) is 0 Å². The maximum atomic E-state index is 6.36. The van der Waals surface area contributed by atoms with Crippen molar-refractivity contribution in [1.29, 1.82) is 0 Å². The van der Waals surface area contributed by atoms with Crippen LogP contribution in [-0.2, 0) is 4.74 Å². The molecule has 2 aliphatic heterocycles. The first kappa shape index (κ1) is 18.2. The molecule has 140 valence electrons. The first-order chi connectivity index (χ1) is 12.1. The number of nitrogens with zero attached hydrogens (tertiary/aromatic N) is 5. The summed E-state index contributed by atoms with van der Waals surface area (Å²) < 4.78 is 5.38. The highest BCUT2D eigenvalue weighted by atomic mass is 16.5. The molecule has 3 heterocycles. The minimum absolute atomic E-state index is 0.481. The molecule has 25 heavy (non-hydrogen) atoms. The second-order valence-electron chi connectivity index (χ2n) is 6.99. The van der Waals surface area contributed by atoms with Crippen molar-refractivity contribution in [1.82, 2.24) is 19.8 Å². The van der Waals surface area contributed by atoms with E-state index < -0.39 is 0 Å². The molecular formula is C17H31N7O. The van der Waals surface area contributed by atoms with E-state index >= 15 is 0 Å². The first-order valence-corrected chi connectivity index (χ1v) is 9.21. The number of ether oxygens (including phenoxy) is 1. The quantitative estimate of drug-likeness (QED) is 0.760. The van der Waals surface area contributed by atoms with Crippen molar-refractivity contribution in [2.45, 2.75) is 18.9 Å². The lowest BCUT2D eigenvalue weighted by molar-refractivity contribution is 0.0398. The summed E-state index contributed by atoms with van der Waals surface area (Å²) >= 11 is 0. The molecule has 0 aromatic carbocycles. The van der Waals surface area contributed by atoms with Crippen molar-refractivity contribution in [3.8, 4) is 0 Å². The monoisotopic (exact) mass is 349 g/mol. The molecule has 1 aromatic heterocycles. The normalized spacial score (nSPS) is 20.6. The van der Waals surface area contributed by atoms with Gasteiger partial charge in [0.25, 0.3) is 0 Å². The summed E-state index contributed by atoms with van der Waals surface area (Å²) in [5.74, 6) is 1.57. The highest BCUT2D eigenvalue weighted by molar-refractivity contribution is 5.74. The summed E-state index contributed by atoms with van der Waals surface area (Å²) in [4.78, 5) is 15.8. The number of morpholine rings is 1. The number of nitrogen functional groups attached to an aromatic ring is 1. The summed E-state index contributed by atoms with van der Waals surface area (Å²) in [6, 6.07) is 0.481. The second kappa shape index (κ2) is 8.64. The van der Waals surface area contributed by atoms with Crippen LogP contribution in [-0.4, -0.2) is 92.4 Å². The molecule has 0 spiro atoms. The van der Waals surface area contributed by atoms with Crippen molar-refractivity contribution in [2.75, 3.05) is 82.5 Å². The smallest absolute Gasteiger partial charge is 0.157 e. The topological polar surface area (TPSA) is 82.8 Å². The number of piperidine rings is 1. The Kier molecular flexibility index (Phi) is 6.28. The number of nitrogens with two attached hydrogens (primary N) is 1. The standard InChI is InChI=1S/C17H31N7O/c1-22-6-3-14(4-7-22)23(2)17-15(18)16(20-13-21-17)19-5-8-24-9-11-25-12-10-24/h13-14H,3-12,18H2,1-2H3,(H,19,20,21). The van der Waals surface area contributed by atoms with Crippen molar-refractivity contribution in [3.05, 3.63) is 6.33 Å². The van der Waals surface area contributed by atoms with Crippen LogP contribution in [0.15, 0.2) is 6.33 Å². The lowest BCUT2D eigenvalue weighted by Crippen LogP contribution is -2.42. The molecule has 1 aromatic rings. The predicted octanol–water partition coefficient (Wildman–Crippen LogP) is 0.333. The number of rotatable bonds is 6. The third-order valence-corrected chi connectivity index (χ3v) is 5.26. The summed E-state index contributed by atoms with van der Waals surface area (Å²) in [5, 5.41) is 3.37. The minimum atomic E-state index is 0.481. The van der Waals surface area contributed by atoms with Gasteiger partial charge in [-0.15, -0.1) is 0 Å². The van der Waals surface area contributed by atoms with E-state index in [0.29, 0.717) is 11.7 Å². The molecule has 2 aliphatic rings. The summed E-state index contributed by atoms with van der Waals surface area (Å²) in [5.41, 5.74) is 7.01. The first-order valence-electron chi connectivity index (χ1n) is 9.21. The molecule has 2 fully saturated rings. The van der Waals surface area contributed by atoms with Crippen LogP contribution in [0.5, 0.6) is 0 Å². The minimum Gasteiger partial charge on any atom is -0.393 e. The molecule has 3 rings (SSSR count). The number of likely N-dealkylation sites (tertiary alicyclic amines) is 1. The van der Waals surface area contributed by atoms with Crippen LogP contribution in [0.25, 0.3) is 0 Å². The van der Waals surface area contributed by atoms with E-state index in [1.165, 1.54) is 0 Å². The van der Waals surface area contributed by atoms with E-state index in [1.54, 1.807) is 6.33 Å². The molecule has 8 heteroatoms. The number of aromatic nitrogens is 2. The zero-order valence-electron chi connectivity index (χ0n) is 15.4. The molecule has 8 nitrogen and oxygen atoms in total. The van der Waals surface area contributed by atoms with Gasteiger partial charge in [0.05, 0.1) is 13.2 Å². The Morgan fingerprint density at radius 1 is 1.24 bits per heavy atom. The molecule has 2 saturated heterocycles. The van der Waals surface area contributed by atoms with E-state index in [0.717, 1.165) is 77.0 Å². The van der Waals surface area contributed by atoms with Gasteiger partial charge in [0.2, 0.25) is 0 Å². The Morgan fingerprint density at radius 2 is 1.96 bits per heavy atom. The zero-order chi connectivity index (χ0) is 17.6. The highest BCUT2D eigenvalue weighted by Gasteiger charge is 2.23. The number of hydrogen-bond donors (Lipinski definition) is 2. The molecule has 0 aliphatic carbocycles. The van der Waals surface area contributed by atoms with Crippen molar-refractivity contribution in [3.63, 3.8) is 0 Å². The third-order valence-electron chi connectivity index (χ3n) is 5.26. The van der Waals surface area contributed by atoms with Crippen LogP contribution in [0, 0.1) is 0 Å². The van der Waals surface area contributed by atoms with Gasteiger partial charge in [0, 0.05) is 39.3 Å². The SMILES string of the molecule is CN1CCC(N(C)c2ncnc(NCCN3CCOCC3)c2N)CC1. The van der Waals surface area contributed by atoms with E-state index in [2.05, 4.69) is 44.1 Å². The van der Waals surface area contributed by atoms with Gasteiger partial charge in [-0.2, -0.15) is 0 Å². The lowest BCUT2D eigenvalue weighted by Gasteiger charge is -2.36. The largest absolute Gasteiger partial charge is 0.393 e. The van der Waals surface area contributed by atoms with Gasteiger partial charge < -0.3 is 25.6 Å². The number of hydrogen-bond acceptors (Lipinski definition) is 8. The van der Waals surface area contributed by atoms with E-state index in [4.69, 9.17) is 10.5 Å². The molecule has 0 amide bonds. The Hall–Kier alpha value is -1.64. The zero-order valence-corrected chi connectivity index (χ0v) is 15.4. The van der Waals surface area contributed by atoms with Gasteiger partial charge >= 0.3 is 0 Å². The highest BCUT2D eigenvalue weighted by Crippen LogP contribution is 2.28. The third kappa shape index (κ3) is 4.71. The predicted molar refractivity (Wildman–Crippen MR) is 101 cm³/mol. The van der Waals surface area contributed by atoms with Crippen LogP contribution in [0.3, 0.4) is 0 Å². The Bertz CT molecular complexity index is 542. The number of anilines is 3. The fourth-order valence-corrected chi connectivity index (χ4v) is 3.52. The van der Waals surface area contributed by atoms with Gasteiger partial charge in [-0.05, 0) is 33.0 Å². The fraction of sp³-hybridized carbons (Fsp3) is 0.765. The molecule has 0 bridgehead atoms. The average molecular weight is 349 g/mol. The van der Waals surface area contributed by atoms with Crippen LogP contribution < -0.4 is 16.0 Å². The Morgan fingerprint density at radius 3 is 2.68 bits per heavy atom.